The third kappa shape index (κ3) is 3.95. The van der Waals surface area contributed by atoms with Crippen molar-refractivity contribution in [2.45, 2.75) is 69.1 Å². The minimum Gasteiger partial charge on any atom is -0.487 e. The molecule has 0 bridgehead atoms. The summed E-state index contributed by atoms with van der Waals surface area (Å²) in [5, 5.41) is 3.95. The standard InChI is InChI=1S/C25H31N3O2/c29-24(19-7-6-14-26-18-19)28-15-10-20(11-16-28)27-22-17-25(12-4-1-5-13-25)30-23-9-3-2-8-21(22)23/h2-3,6-9,14,18,20,22,27H,1,4-5,10-13,15-17H2. The Morgan fingerprint density at radius 1 is 1.07 bits per heavy atom. The van der Waals surface area contributed by atoms with E-state index in [0.29, 0.717) is 17.6 Å². The van der Waals surface area contributed by atoms with E-state index in [4.69, 9.17) is 4.74 Å². The van der Waals surface area contributed by atoms with Crippen LogP contribution in [0, 0.1) is 0 Å². The predicted molar refractivity (Wildman–Crippen MR) is 117 cm³/mol. The van der Waals surface area contributed by atoms with Crippen molar-refractivity contribution < 1.29 is 9.53 Å². The zero-order valence-electron chi connectivity index (χ0n) is 17.6. The van der Waals surface area contributed by atoms with E-state index in [1.54, 1.807) is 12.4 Å². The summed E-state index contributed by atoms with van der Waals surface area (Å²) in [6.45, 7) is 1.59. The van der Waals surface area contributed by atoms with Crippen LogP contribution in [0.5, 0.6) is 5.75 Å². The quantitative estimate of drug-likeness (QED) is 0.817. The van der Waals surface area contributed by atoms with Crippen LogP contribution in [-0.2, 0) is 0 Å². The Bertz CT molecular complexity index is 871. The number of fused-ring (bicyclic) bond motifs is 1. The molecule has 1 saturated heterocycles. The average molecular weight is 406 g/mol. The number of hydrogen-bond donors (Lipinski definition) is 1. The van der Waals surface area contributed by atoms with E-state index in [9.17, 15) is 4.79 Å². The van der Waals surface area contributed by atoms with Crippen LogP contribution in [0.4, 0.5) is 0 Å². The number of carbonyl (C=O) groups is 1. The van der Waals surface area contributed by atoms with Gasteiger partial charge in [0.2, 0.25) is 0 Å². The number of aromatic nitrogens is 1. The van der Waals surface area contributed by atoms with E-state index < -0.39 is 0 Å². The third-order valence-corrected chi connectivity index (χ3v) is 7.09. The fourth-order valence-electron chi connectivity index (χ4n) is 5.47. The molecule has 1 amide bonds. The van der Waals surface area contributed by atoms with Crippen LogP contribution in [0.25, 0.3) is 0 Å². The molecule has 2 aliphatic heterocycles. The van der Waals surface area contributed by atoms with Crippen LogP contribution >= 0.6 is 0 Å². The zero-order valence-corrected chi connectivity index (χ0v) is 17.6. The number of hydrogen-bond acceptors (Lipinski definition) is 4. The Balaban J connectivity index is 1.25. The lowest BCUT2D eigenvalue weighted by Crippen LogP contribution is -2.50. The number of nitrogens with zero attached hydrogens (tertiary/aromatic N) is 2. The third-order valence-electron chi connectivity index (χ3n) is 7.09. The van der Waals surface area contributed by atoms with Crippen LogP contribution in [0.15, 0.2) is 48.8 Å². The Kier molecular flexibility index (Phi) is 5.47. The van der Waals surface area contributed by atoms with E-state index in [1.165, 1.54) is 24.8 Å². The molecule has 3 heterocycles. The van der Waals surface area contributed by atoms with Crippen LogP contribution < -0.4 is 10.1 Å². The van der Waals surface area contributed by atoms with Crippen LogP contribution in [0.1, 0.15) is 73.3 Å². The van der Waals surface area contributed by atoms with Crippen LogP contribution in [0.2, 0.25) is 0 Å². The first kappa shape index (κ1) is 19.6. The van der Waals surface area contributed by atoms with E-state index in [2.05, 4.69) is 34.6 Å². The monoisotopic (exact) mass is 405 g/mol. The molecular weight excluding hydrogens is 374 g/mol. The molecule has 1 saturated carbocycles. The van der Waals surface area contributed by atoms with E-state index >= 15 is 0 Å². The molecule has 2 aromatic rings. The van der Waals surface area contributed by atoms with Gasteiger partial charge >= 0.3 is 0 Å². The molecule has 1 aromatic carbocycles. The Hall–Kier alpha value is -2.40. The summed E-state index contributed by atoms with van der Waals surface area (Å²) in [6.07, 6.45) is 12.6. The maximum atomic E-state index is 12.7. The fraction of sp³-hybridized carbons (Fsp3) is 0.520. The second-order valence-corrected chi connectivity index (χ2v) is 9.12. The normalized spacial score (nSPS) is 23.6. The Labute approximate surface area is 178 Å². The topological polar surface area (TPSA) is 54.5 Å². The molecule has 2 fully saturated rings. The number of rotatable bonds is 3. The van der Waals surface area contributed by atoms with Gasteiger partial charge in [0, 0.05) is 49.6 Å². The molecule has 5 heteroatoms. The van der Waals surface area contributed by atoms with Crippen molar-refractivity contribution in [2.24, 2.45) is 0 Å². The van der Waals surface area contributed by atoms with Crippen molar-refractivity contribution >= 4 is 5.91 Å². The van der Waals surface area contributed by atoms with Crippen molar-refractivity contribution in [3.8, 4) is 5.75 Å². The number of nitrogens with one attached hydrogen (secondary N) is 1. The average Bonchev–Trinajstić information content (AvgIpc) is 2.80. The molecule has 1 spiro atoms. The minimum atomic E-state index is 0.00124. The smallest absolute Gasteiger partial charge is 0.255 e. The molecule has 158 valence electrons. The molecule has 1 atom stereocenters. The number of benzene rings is 1. The molecule has 1 N–H and O–H groups in total. The van der Waals surface area contributed by atoms with Gasteiger partial charge in [-0.25, -0.2) is 0 Å². The zero-order chi connectivity index (χ0) is 20.4. The highest BCUT2D eigenvalue weighted by molar-refractivity contribution is 5.93. The number of ether oxygens (including phenoxy) is 1. The molecule has 3 aliphatic rings. The minimum absolute atomic E-state index is 0.00124. The number of pyridine rings is 1. The molecule has 1 aliphatic carbocycles. The highest BCUT2D eigenvalue weighted by atomic mass is 16.5. The first-order chi connectivity index (χ1) is 14.7. The van der Waals surface area contributed by atoms with Gasteiger partial charge in [0.1, 0.15) is 11.4 Å². The second kappa shape index (κ2) is 8.38. The number of amides is 1. The van der Waals surface area contributed by atoms with E-state index in [1.807, 2.05) is 17.0 Å². The lowest BCUT2D eigenvalue weighted by Gasteiger charge is -2.46. The van der Waals surface area contributed by atoms with Gasteiger partial charge < -0.3 is 15.0 Å². The molecule has 5 nitrogen and oxygen atoms in total. The number of para-hydroxylation sites is 1. The molecule has 5 rings (SSSR count). The summed E-state index contributed by atoms with van der Waals surface area (Å²) in [5.74, 6) is 1.16. The van der Waals surface area contributed by atoms with Gasteiger partial charge in [-0.1, -0.05) is 24.6 Å². The molecule has 1 aromatic heterocycles. The van der Waals surface area contributed by atoms with Gasteiger partial charge in [-0.15, -0.1) is 0 Å². The fourth-order valence-corrected chi connectivity index (χ4v) is 5.47. The Morgan fingerprint density at radius 3 is 2.63 bits per heavy atom. The van der Waals surface area contributed by atoms with Gasteiger partial charge in [-0.2, -0.15) is 0 Å². The van der Waals surface area contributed by atoms with Crippen molar-refractivity contribution in [3.63, 3.8) is 0 Å². The summed E-state index contributed by atoms with van der Waals surface area (Å²) in [6, 6.07) is 13.0. The summed E-state index contributed by atoms with van der Waals surface area (Å²) < 4.78 is 6.58. The van der Waals surface area contributed by atoms with Gasteiger partial charge in [0.15, 0.2) is 0 Å². The van der Waals surface area contributed by atoms with Gasteiger partial charge in [0.25, 0.3) is 5.91 Å². The van der Waals surface area contributed by atoms with Gasteiger partial charge in [-0.05, 0) is 56.7 Å². The lowest BCUT2D eigenvalue weighted by atomic mass is 9.77. The number of piperidine rings is 1. The van der Waals surface area contributed by atoms with Crippen molar-refractivity contribution in [3.05, 3.63) is 59.9 Å². The highest BCUT2D eigenvalue weighted by Crippen LogP contribution is 2.46. The maximum Gasteiger partial charge on any atom is 0.255 e. The molecular formula is C25H31N3O2. The van der Waals surface area contributed by atoms with Crippen molar-refractivity contribution in [1.29, 1.82) is 0 Å². The largest absolute Gasteiger partial charge is 0.487 e. The highest BCUT2D eigenvalue weighted by Gasteiger charge is 2.42. The number of carbonyl (C=O) groups excluding carboxylic acids is 1. The van der Waals surface area contributed by atoms with E-state index in [-0.39, 0.29) is 11.5 Å². The summed E-state index contributed by atoms with van der Waals surface area (Å²) in [5.41, 5.74) is 1.98. The van der Waals surface area contributed by atoms with Crippen molar-refractivity contribution in [1.82, 2.24) is 15.2 Å². The SMILES string of the molecule is O=C(c1cccnc1)N1CCC(NC2CC3(CCCCC3)Oc3ccccc32)CC1. The maximum absolute atomic E-state index is 12.7. The molecule has 30 heavy (non-hydrogen) atoms. The van der Waals surface area contributed by atoms with Crippen molar-refractivity contribution in [2.75, 3.05) is 13.1 Å². The molecule has 1 unspecified atom stereocenters. The van der Waals surface area contributed by atoms with Gasteiger partial charge in [-0.3, -0.25) is 9.78 Å². The molecule has 0 radical (unpaired) electrons. The first-order valence-electron chi connectivity index (χ1n) is 11.5. The Morgan fingerprint density at radius 2 is 1.87 bits per heavy atom. The van der Waals surface area contributed by atoms with E-state index in [0.717, 1.165) is 50.9 Å². The van der Waals surface area contributed by atoms with Crippen LogP contribution in [-0.4, -0.2) is 40.5 Å². The van der Waals surface area contributed by atoms with Gasteiger partial charge in [0.05, 0.1) is 5.56 Å². The lowest BCUT2D eigenvalue weighted by molar-refractivity contribution is -0.00509. The second-order valence-electron chi connectivity index (χ2n) is 9.12. The first-order valence-corrected chi connectivity index (χ1v) is 11.5. The number of likely N-dealkylation sites (tertiary alicyclic amines) is 1. The van der Waals surface area contributed by atoms with Crippen LogP contribution in [0.3, 0.4) is 0 Å². The summed E-state index contributed by atoms with van der Waals surface area (Å²) in [7, 11) is 0. The predicted octanol–water partition coefficient (Wildman–Crippen LogP) is 4.50. The summed E-state index contributed by atoms with van der Waals surface area (Å²) >= 11 is 0. The summed E-state index contributed by atoms with van der Waals surface area (Å²) in [4.78, 5) is 18.8.